The highest BCUT2D eigenvalue weighted by Crippen LogP contribution is 2.28. The Bertz CT molecular complexity index is 1290. The topological polar surface area (TPSA) is 110 Å². The molecule has 0 aliphatic carbocycles. The molecule has 1 aliphatic rings. The van der Waals surface area contributed by atoms with Crippen LogP contribution < -0.4 is 4.74 Å². The molecule has 1 N–H and O–H groups in total. The minimum absolute atomic E-state index is 0.0364. The number of nitrogens with one attached hydrogen (secondary N) is 1. The number of carbonyl (C=O) groups is 1. The maximum absolute atomic E-state index is 13.5. The lowest BCUT2D eigenvalue weighted by Crippen LogP contribution is -2.39. The molecule has 2 aromatic heterocycles. The van der Waals surface area contributed by atoms with E-state index in [0.29, 0.717) is 24.5 Å². The fraction of sp³-hybridized carbons (Fsp3) is 0.385. The average Bonchev–Trinajstić information content (AvgIpc) is 3.68. The molecule has 5 rings (SSSR count). The van der Waals surface area contributed by atoms with E-state index in [4.69, 9.17) is 13.9 Å². The Morgan fingerprint density at radius 1 is 1.28 bits per heavy atom. The number of benzene rings is 2. The number of nitrogens with zero attached hydrogens (tertiary/aromatic N) is 5. The van der Waals surface area contributed by atoms with Crippen LogP contribution in [0.2, 0.25) is 0 Å². The highest BCUT2D eigenvalue weighted by Gasteiger charge is 2.29. The predicted octanol–water partition coefficient (Wildman–Crippen LogP) is 2.99. The first-order chi connectivity index (χ1) is 17.6. The van der Waals surface area contributed by atoms with Crippen LogP contribution in [0.15, 0.2) is 59.4 Å². The van der Waals surface area contributed by atoms with Crippen molar-refractivity contribution in [2.75, 3.05) is 33.8 Å². The van der Waals surface area contributed by atoms with Crippen LogP contribution in [0.1, 0.15) is 29.4 Å². The van der Waals surface area contributed by atoms with Crippen LogP contribution in [-0.4, -0.2) is 76.2 Å². The summed E-state index contributed by atoms with van der Waals surface area (Å²) < 4.78 is 16.8. The van der Waals surface area contributed by atoms with Gasteiger partial charge in [0.15, 0.2) is 6.61 Å². The van der Waals surface area contributed by atoms with Gasteiger partial charge < -0.3 is 18.8 Å². The van der Waals surface area contributed by atoms with Gasteiger partial charge in [0.25, 0.3) is 0 Å². The van der Waals surface area contributed by atoms with Gasteiger partial charge >= 0.3 is 0 Å². The van der Waals surface area contributed by atoms with Crippen molar-refractivity contribution in [1.82, 2.24) is 30.4 Å². The summed E-state index contributed by atoms with van der Waals surface area (Å²) in [6, 6.07) is 13.6. The normalized spacial score (nSPS) is 16.9. The van der Waals surface area contributed by atoms with Crippen molar-refractivity contribution in [2.45, 2.75) is 31.6 Å². The maximum Gasteiger partial charge on any atom is 0.227 e. The highest BCUT2D eigenvalue weighted by molar-refractivity contribution is 5.89. The Kier molecular flexibility index (Phi) is 7.24. The van der Waals surface area contributed by atoms with Crippen LogP contribution in [0.4, 0.5) is 0 Å². The van der Waals surface area contributed by atoms with E-state index < -0.39 is 0 Å². The van der Waals surface area contributed by atoms with Crippen LogP contribution in [0.3, 0.4) is 0 Å². The molecule has 0 radical (unpaired) electrons. The Labute approximate surface area is 209 Å². The first-order valence-electron chi connectivity index (χ1n) is 12.0. The van der Waals surface area contributed by atoms with E-state index in [1.54, 1.807) is 19.6 Å². The number of likely N-dealkylation sites (tertiary alicyclic amines) is 1. The number of furan rings is 1. The number of amides is 1. The Morgan fingerprint density at radius 3 is 2.97 bits per heavy atom. The summed E-state index contributed by atoms with van der Waals surface area (Å²) in [5.74, 6) is 1.19. The summed E-state index contributed by atoms with van der Waals surface area (Å²) in [6.45, 7) is 2.68. The molecule has 3 heterocycles. The Morgan fingerprint density at radius 2 is 2.17 bits per heavy atom. The first-order valence-corrected chi connectivity index (χ1v) is 12.0. The van der Waals surface area contributed by atoms with E-state index in [2.05, 4.69) is 25.5 Å². The van der Waals surface area contributed by atoms with Crippen molar-refractivity contribution >= 4 is 16.7 Å². The van der Waals surface area contributed by atoms with Crippen LogP contribution in [0, 0.1) is 0 Å². The summed E-state index contributed by atoms with van der Waals surface area (Å²) in [6.07, 6.45) is 4.90. The molecule has 10 heteroatoms. The zero-order valence-electron chi connectivity index (χ0n) is 20.5. The monoisotopic (exact) mass is 490 g/mol. The van der Waals surface area contributed by atoms with Crippen molar-refractivity contribution in [3.63, 3.8) is 0 Å². The number of ether oxygens (including phenoxy) is 2. The summed E-state index contributed by atoms with van der Waals surface area (Å²) in [4.78, 5) is 17.7. The molecule has 1 aliphatic heterocycles. The van der Waals surface area contributed by atoms with Gasteiger partial charge in [-0.15, -0.1) is 10.2 Å². The van der Waals surface area contributed by atoms with Gasteiger partial charge in [0.1, 0.15) is 5.75 Å². The van der Waals surface area contributed by atoms with Gasteiger partial charge in [-0.3, -0.25) is 9.69 Å². The third-order valence-corrected chi connectivity index (χ3v) is 6.81. The van der Waals surface area contributed by atoms with Gasteiger partial charge in [-0.1, -0.05) is 35.5 Å². The second-order valence-corrected chi connectivity index (χ2v) is 9.08. The molecule has 1 fully saturated rings. The lowest BCUT2D eigenvalue weighted by molar-refractivity contribution is -0.131. The molecule has 10 nitrogen and oxygen atoms in total. The van der Waals surface area contributed by atoms with Crippen molar-refractivity contribution in [3.05, 3.63) is 71.9 Å². The number of aromatic amines is 1. The summed E-state index contributed by atoms with van der Waals surface area (Å²) in [5.41, 5.74) is 1.95. The van der Waals surface area contributed by atoms with Gasteiger partial charge in [-0.2, -0.15) is 5.21 Å². The molecule has 188 valence electrons. The second kappa shape index (κ2) is 10.9. The van der Waals surface area contributed by atoms with Crippen molar-refractivity contribution in [2.24, 2.45) is 0 Å². The summed E-state index contributed by atoms with van der Waals surface area (Å²) in [5, 5.41) is 15.8. The largest absolute Gasteiger partial charge is 0.485 e. The molecular weight excluding hydrogens is 460 g/mol. The van der Waals surface area contributed by atoms with Crippen molar-refractivity contribution in [1.29, 1.82) is 0 Å². The third-order valence-electron chi connectivity index (χ3n) is 6.81. The number of hydrogen-bond donors (Lipinski definition) is 1. The number of methoxy groups -OCH3 is 1. The van der Waals surface area contributed by atoms with E-state index in [1.165, 1.54) is 0 Å². The van der Waals surface area contributed by atoms with E-state index in [-0.39, 0.29) is 24.7 Å². The molecule has 0 bridgehead atoms. The minimum atomic E-state index is -0.162. The minimum Gasteiger partial charge on any atom is -0.485 e. The first kappa shape index (κ1) is 24.0. The SMILES string of the molecule is COC1CCN(CC(c2cccc(OCc3nn[nH]n3)c2)N(C)C(=O)Cc2cccc3cocc23)C1. The average molecular weight is 491 g/mol. The highest BCUT2D eigenvalue weighted by atomic mass is 16.5. The number of fused-ring (bicyclic) bond motifs is 1. The van der Waals surface area contributed by atoms with Crippen LogP contribution in [-0.2, 0) is 22.6 Å². The van der Waals surface area contributed by atoms with E-state index >= 15 is 0 Å². The second-order valence-electron chi connectivity index (χ2n) is 9.08. The fourth-order valence-corrected chi connectivity index (χ4v) is 4.72. The van der Waals surface area contributed by atoms with Crippen LogP contribution in [0.5, 0.6) is 5.75 Å². The number of carbonyl (C=O) groups excluding carboxylic acids is 1. The molecule has 1 saturated heterocycles. The maximum atomic E-state index is 13.5. The lowest BCUT2D eigenvalue weighted by Gasteiger charge is -2.32. The zero-order chi connectivity index (χ0) is 24.9. The number of H-pyrrole nitrogens is 1. The molecule has 2 atom stereocenters. The van der Waals surface area contributed by atoms with Gasteiger partial charge in [0.2, 0.25) is 11.7 Å². The molecule has 0 spiro atoms. The number of rotatable bonds is 10. The fourth-order valence-electron chi connectivity index (χ4n) is 4.72. The number of likely N-dealkylation sites (N-methyl/N-ethyl adjacent to an activating group) is 1. The smallest absolute Gasteiger partial charge is 0.227 e. The Balaban J connectivity index is 1.36. The van der Waals surface area contributed by atoms with E-state index in [1.807, 2.05) is 54.4 Å². The van der Waals surface area contributed by atoms with E-state index in [9.17, 15) is 4.79 Å². The molecule has 0 saturated carbocycles. The summed E-state index contributed by atoms with van der Waals surface area (Å²) in [7, 11) is 3.63. The standard InChI is InChI=1S/C26H30N6O4/c1-31(26(33)12-18-5-3-7-20-15-35-16-23(18)20)24(14-32-10-9-22(13-32)34-2)19-6-4-8-21(11-19)36-17-25-27-29-30-28-25/h3-8,11,15-16,22,24H,9-10,12-14,17H2,1-2H3,(H,27,28,29,30). The zero-order valence-corrected chi connectivity index (χ0v) is 20.5. The molecule has 2 unspecified atom stereocenters. The van der Waals surface area contributed by atoms with Gasteiger partial charge in [0.05, 0.1) is 31.1 Å². The number of tetrazole rings is 1. The third kappa shape index (κ3) is 5.39. The van der Waals surface area contributed by atoms with Gasteiger partial charge in [-0.25, -0.2) is 0 Å². The molecular formula is C26H30N6O4. The van der Waals surface area contributed by atoms with Crippen LogP contribution >= 0.6 is 0 Å². The molecule has 1 amide bonds. The van der Waals surface area contributed by atoms with Crippen molar-refractivity contribution < 1.29 is 18.7 Å². The van der Waals surface area contributed by atoms with Crippen molar-refractivity contribution in [3.8, 4) is 5.75 Å². The van der Waals surface area contributed by atoms with E-state index in [0.717, 1.165) is 41.4 Å². The molecule has 4 aromatic rings. The molecule has 36 heavy (non-hydrogen) atoms. The molecule has 2 aromatic carbocycles. The predicted molar refractivity (Wildman–Crippen MR) is 132 cm³/mol. The quantitative estimate of drug-likeness (QED) is 0.361. The summed E-state index contributed by atoms with van der Waals surface area (Å²) >= 11 is 0. The number of aromatic nitrogens is 4. The lowest BCUT2D eigenvalue weighted by atomic mass is 10.0. The Hall–Kier alpha value is -3.76. The van der Waals surface area contributed by atoms with Gasteiger partial charge in [-0.05, 0) is 29.7 Å². The van der Waals surface area contributed by atoms with Gasteiger partial charge in [0, 0.05) is 44.6 Å². The van der Waals surface area contributed by atoms with Crippen LogP contribution in [0.25, 0.3) is 10.8 Å². The number of hydrogen-bond acceptors (Lipinski definition) is 8.